The Labute approximate surface area is 146 Å². The Balaban J connectivity index is 1.91. The van der Waals surface area contributed by atoms with Crippen molar-refractivity contribution in [2.75, 3.05) is 33.3 Å². The highest BCUT2D eigenvalue weighted by Gasteiger charge is 2.20. The monoisotopic (exact) mass is 332 g/mol. The van der Waals surface area contributed by atoms with Crippen LogP contribution in [0, 0.1) is 0 Å². The minimum absolute atomic E-state index is 0.591. The molecule has 0 amide bonds. The highest BCUT2D eigenvalue weighted by atomic mass is 16.5. The number of nitrogens with zero attached hydrogens (tertiary/aromatic N) is 2. The molecule has 1 aromatic rings. The number of methoxy groups -OCH3 is 1. The third-order valence-electron chi connectivity index (χ3n) is 4.53. The molecular formula is C19H32N4O. The molecule has 2 rings (SSSR count). The molecule has 1 aromatic carbocycles. The SMILES string of the molecule is CCNC(=NCc1cccc(OC)c1)NCC(CC)N1CCCC1. The molecule has 1 saturated heterocycles. The highest BCUT2D eigenvalue weighted by molar-refractivity contribution is 5.79. The average molecular weight is 332 g/mol. The maximum atomic E-state index is 5.27. The van der Waals surface area contributed by atoms with E-state index in [2.05, 4.69) is 35.4 Å². The number of rotatable bonds is 8. The summed E-state index contributed by atoms with van der Waals surface area (Å²) in [6.07, 6.45) is 3.84. The van der Waals surface area contributed by atoms with Crippen LogP contribution >= 0.6 is 0 Å². The predicted octanol–water partition coefficient (Wildman–Crippen LogP) is 2.62. The molecule has 0 saturated carbocycles. The zero-order valence-corrected chi connectivity index (χ0v) is 15.3. The molecule has 0 aromatic heterocycles. The van der Waals surface area contributed by atoms with E-state index in [0.29, 0.717) is 12.6 Å². The van der Waals surface area contributed by atoms with E-state index in [9.17, 15) is 0 Å². The van der Waals surface area contributed by atoms with Gasteiger partial charge in [0, 0.05) is 19.1 Å². The lowest BCUT2D eigenvalue weighted by Gasteiger charge is -2.27. The Kier molecular flexibility index (Phi) is 7.89. The van der Waals surface area contributed by atoms with Gasteiger partial charge < -0.3 is 15.4 Å². The number of ether oxygens (including phenoxy) is 1. The van der Waals surface area contributed by atoms with Gasteiger partial charge in [-0.15, -0.1) is 0 Å². The van der Waals surface area contributed by atoms with Crippen LogP contribution in [0.3, 0.4) is 0 Å². The molecule has 1 aliphatic rings. The summed E-state index contributed by atoms with van der Waals surface area (Å²) in [5.74, 6) is 1.76. The van der Waals surface area contributed by atoms with E-state index in [1.165, 1.54) is 32.4 Å². The summed E-state index contributed by atoms with van der Waals surface area (Å²) in [4.78, 5) is 7.31. The van der Waals surface area contributed by atoms with Crippen LogP contribution in [0.2, 0.25) is 0 Å². The van der Waals surface area contributed by atoms with Gasteiger partial charge >= 0.3 is 0 Å². The van der Waals surface area contributed by atoms with Gasteiger partial charge in [-0.2, -0.15) is 0 Å². The first kappa shape index (κ1) is 18.6. The van der Waals surface area contributed by atoms with Gasteiger partial charge in [0.25, 0.3) is 0 Å². The number of hydrogen-bond donors (Lipinski definition) is 2. The second-order valence-corrected chi connectivity index (χ2v) is 6.23. The van der Waals surface area contributed by atoms with Crippen LogP contribution in [0.5, 0.6) is 5.75 Å². The van der Waals surface area contributed by atoms with Crippen molar-refractivity contribution < 1.29 is 4.74 Å². The molecule has 1 fully saturated rings. The van der Waals surface area contributed by atoms with Gasteiger partial charge in [0.05, 0.1) is 13.7 Å². The van der Waals surface area contributed by atoms with Gasteiger partial charge in [0.15, 0.2) is 5.96 Å². The molecule has 5 nitrogen and oxygen atoms in total. The molecule has 0 spiro atoms. The van der Waals surface area contributed by atoms with Gasteiger partial charge in [-0.05, 0) is 57.0 Å². The Morgan fingerprint density at radius 1 is 1.25 bits per heavy atom. The van der Waals surface area contributed by atoms with E-state index in [-0.39, 0.29) is 0 Å². The second-order valence-electron chi connectivity index (χ2n) is 6.23. The number of aliphatic imine (C=N–C) groups is 1. The Hall–Kier alpha value is -1.75. The molecule has 1 atom stereocenters. The summed E-state index contributed by atoms with van der Waals surface area (Å²) in [6.45, 7) is 9.29. The molecule has 0 aliphatic carbocycles. The second kappa shape index (κ2) is 10.2. The van der Waals surface area contributed by atoms with Crippen molar-refractivity contribution in [2.24, 2.45) is 4.99 Å². The van der Waals surface area contributed by atoms with Crippen molar-refractivity contribution in [3.8, 4) is 5.75 Å². The third kappa shape index (κ3) is 5.71. The quantitative estimate of drug-likeness (QED) is 0.567. The van der Waals surface area contributed by atoms with E-state index < -0.39 is 0 Å². The standard InChI is InChI=1S/C19H32N4O/c1-4-17(23-11-6-7-12-23)15-22-19(20-5-2)21-14-16-9-8-10-18(13-16)24-3/h8-10,13,17H,4-7,11-12,14-15H2,1-3H3,(H2,20,21,22). The van der Waals surface area contributed by atoms with Crippen LogP contribution in [-0.4, -0.2) is 50.2 Å². The van der Waals surface area contributed by atoms with Gasteiger partial charge in [-0.1, -0.05) is 19.1 Å². The molecule has 5 heteroatoms. The number of guanidine groups is 1. The lowest BCUT2D eigenvalue weighted by molar-refractivity contribution is 0.236. The van der Waals surface area contributed by atoms with Crippen molar-refractivity contribution in [1.29, 1.82) is 0 Å². The fourth-order valence-electron chi connectivity index (χ4n) is 3.14. The highest BCUT2D eigenvalue weighted by Crippen LogP contribution is 2.14. The van der Waals surface area contributed by atoms with Crippen LogP contribution in [0.4, 0.5) is 0 Å². The van der Waals surface area contributed by atoms with Crippen molar-refractivity contribution in [3.05, 3.63) is 29.8 Å². The Morgan fingerprint density at radius 3 is 2.71 bits per heavy atom. The smallest absolute Gasteiger partial charge is 0.191 e. The largest absolute Gasteiger partial charge is 0.497 e. The molecule has 2 N–H and O–H groups in total. The zero-order valence-electron chi connectivity index (χ0n) is 15.3. The fourth-order valence-corrected chi connectivity index (χ4v) is 3.14. The summed E-state index contributed by atoms with van der Waals surface area (Å²) < 4.78 is 5.27. The fraction of sp³-hybridized carbons (Fsp3) is 0.632. The van der Waals surface area contributed by atoms with Crippen LogP contribution in [0.15, 0.2) is 29.3 Å². The van der Waals surface area contributed by atoms with Crippen LogP contribution in [0.1, 0.15) is 38.7 Å². The van der Waals surface area contributed by atoms with E-state index in [0.717, 1.165) is 30.4 Å². The van der Waals surface area contributed by atoms with E-state index in [4.69, 9.17) is 9.73 Å². The third-order valence-corrected chi connectivity index (χ3v) is 4.53. The average Bonchev–Trinajstić information content (AvgIpc) is 3.14. The van der Waals surface area contributed by atoms with Crippen molar-refractivity contribution in [2.45, 2.75) is 45.7 Å². The zero-order chi connectivity index (χ0) is 17.2. The molecular weight excluding hydrogens is 300 g/mol. The molecule has 24 heavy (non-hydrogen) atoms. The lowest BCUT2D eigenvalue weighted by Crippen LogP contribution is -2.46. The Bertz CT molecular complexity index is 512. The maximum Gasteiger partial charge on any atom is 0.191 e. The van der Waals surface area contributed by atoms with Crippen molar-refractivity contribution >= 4 is 5.96 Å². The topological polar surface area (TPSA) is 48.9 Å². The van der Waals surface area contributed by atoms with Crippen LogP contribution < -0.4 is 15.4 Å². The first-order chi connectivity index (χ1) is 11.8. The van der Waals surface area contributed by atoms with Crippen LogP contribution in [0.25, 0.3) is 0 Å². The number of benzene rings is 1. The first-order valence-electron chi connectivity index (χ1n) is 9.16. The molecule has 1 unspecified atom stereocenters. The predicted molar refractivity (Wildman–Crippen MR) is 101 cm³/mol. The number of nitrogens with one attached hydrogen (secondary N) is 2. The number of likely N-dealkylation sites (tertiary alicyclic amines) is 1. The summed E-state index contributed by atoms with van der Waals surface area (Å²) in [6, 6.07) is 8.66. The Morgan fingerprint density at radius 2 is 2.04 bits per heavy atom. The molecule has 1 aliphatic heterocycles. The van der Waals surface area contributed by atoms with Gasteiger partial charge in [0.2, 0.25) is 0 Å². The molecule has 1 heterocycles. The van der Waals surface area contributed by atoms with Crippen molar-refractivity contribution in [1.82, 2.24) is 15.5 Å². The summed E-state index contributed by atoms with van der Waals surface area (Å²) in [5, 5.41) is 6.85. The van der Waals surface area contributed by atoms with E-state index >= 15 is 0 Å². The number of hydrogen-bond acceptors (Lipinski definition) is 3. The van der Waals surface area contributed by atoms with Gasteiger partial charge in [-0.25, -0.2) is 4.99 Å². The normalized spacial score (nSPS) is 16.9. The minimum atomic E-state index is 0.591. The maximum absolute atomic E-state index is 5.27. The van der Waals surface area contributed by atoms with Crippen molar-refractivity contribution in [3.63, 3.8) is 0 Å². The minimum Gasteiger partial charge on any atom is -0.497 e. The van der Waals surface area contributed by atoms with Gasteiger partial charge in [0.1, 0.15) is 5.75 Å². The molecule has 0 radical (unpaired) electrons. The lowest BCUT2D eigenvalue weighted by atomic mass is 10.2. The van der Waals surface area contributed by atoms with E-state index in [1.54, 1.807) is 7.11 Å². The summed E-state index contributed by atoms with van der Waals surface area (Å²) in [7, 11) is 1.69. The summed E-state index contributed by atoms with van der Waals surface area (Å²) in [5.41, 5.74) is 1.15. The van der Waals surface area contributed by atoms with E-state index in [1.807, 2.05) is 18.2 Å². The van der Waals surface area contributed by atoms with Gasteiger partial charge in [-0.3, -0.25) is 4.90 Å². The first-order valence-corrected chi connectivity index (χ1v) is 9.16. The van der Waals surface area contributed by atoms with Crippen LogP contribution in [-0.2, 0) is 6.54 Å². The summed E-state index contributed by atoms with van der Waals surface area (Å²) >= 11 is 0. The molecule has 0 bridgehead atoms. The molecule has 134 valence electrons.